The molecule has 1 fully saturated rings. The van der Waals surface area contributed by atoms with Crippen LogP contribution >= 0.6 is 27.5 Å². The molecule has 1 saturated carbocycles. The monoisotopic (exact) mass is 316 g/mol. The molecule has 1 nitrogen and oxygen atoms in total. The van der Waals surface area contributed by atoms with Gasteiger partial charge >= 0.3 is 0 Å². The summed E-state index contributed by atoms with van der Waals surface area (Å²) in [6, 6.07) is 6.11. The molecule has 1 aliphatic carbocycles. The Morgan fingerprint density at radius 1 is 1.53 bits per heavy atom. The van der Waals surface area contributed by atoms with Crippen molar-refractivity contribution in [3.8, 4) is 5.75 Å². The van der Waals surface area contributed by atoms with E-state index < -0.39 is 0 Å². The van der Waals surface area contributed by atoms with Crippen LogP contribution in [0.2, 0.25) is 0 Å². The minimum atomic E-state index is 0.114. The van der Waals surface area contributed by atoms with Crippen molar-refractivity contribution in [3.63, 3.8) is 0 Å². The van der Waals surface area contributed by atoms with Crippen molar-refractivity contribution in [3.05, 3.63) is 28.2 Å². The maximum absolute atomic E-state index is 6.29. The fraction of sp³-hybridized carbons (Fsp3) is 0.571. The SMILES string of the molecule is CCC1(C)C(Cl)CC1Oc1ccc(Br)c(C)c1. The van der Waals surface area contributed by atoms with Gasteiger partial charge in [-0.1, -0.05) is 29.8 Å². The highest BCUT2D eigenvalue weighted by Gasteiger charge is 2.51. The second-order valence-electron chi connectivity index (χ2n) is 5.08. The predicted octanol–water partition coefficient (Wildman–Crippen LogP) is 4.93. The summed E-state index contributed by atoms with van der Waals surface area (Å²) in [4.78, 5) is 0. The zero-order chi connectivity index (χ0) is 12.6. The van der Waals surface area contributed by atoms with Gasteiger partial charge in [0.25, 0.3) is 0 Å². The number of hydrogen-bond acceptors (Lipinski definition) is 1. The van der Waals surface area contributed by atoms with Crippen molar-refractivity contribution in [1.82, 2.24) is 0 Å². The van der Waals surface area contributed by atoms with Gasteiger partial charge < -0.3 is 4.74 Å². The van der Waals surface area contributed by atoms with Gasteiger partial charge in [-0.3, -0.25) is 0 Å². The molecule has 0 heterocycles. The number of ether oxygens (including phenoxy) is 1. The third-order valence-corrected chi connectivity index (χ3v) is 5.61. The summed E-state index contributed by atoms with van der Waals surface area (Å²) in [5.74, 6) is 0.943. The Balaban J connectivity index is 2.09. The van der Waals surface area contributed by atoms with Gasteiger partial charge in [-0.15, -0.1) is 11.6 Å². The quantitative estimate of drug-likeness (QED) is 0.718. The first-order valence-corrected chi connectivity index (χ1v) is 7.27. The van der Waals surface area contributed by atoms with Crippen molar-refractivity contribution < 1.29 is 4.74 Å². The second-order valence-corrected chi connectivity index (χ2v) is 6.46. The van der Waals surface area contributed by atoms with E-state index in [1.54, 1.807) is 0 Å². The normalized spacial score (nSPS) is 32.1. The number of aryl methyl sites for hydroxylation is 1. The Morgan fingerprint density at radius 2 is 2.24 bits per heavy atom. The smallest absolute Gasteiger partial charge is 0.120 e. The summed E-state index contributed by atoms with van der Waals surface area (Å²) in [6.45, 7) is 6.46. The molecule has 1 aliphatic rings. The highest BCUT2D eigenvalue weighted by atomic mass is 79.9. The molecule has 1 aromatic rings. The second kappa shape index (κ2) is 4.81. The fourth-order valence-electron chi connectivity index (χ4n) is 2.25. The first kappa shape index (κ1) is 13.2. The maximum atomic E-state index is 6.29. The van der Waals surface area contributed by atoms with E-state index in [2.05, 4.69) is 42.8 Å². The minimum absolute atomic E-state index is 0.114. The molecule has 0 radical (unpaired) electrons. The van der Waals surface area contributed by atoms with Crippen LogP contribution in [0.3, 0.4) is 0 Å². The third kappa shape index (κ3) is 2.34. The van der Waals surface area contributed by atoms with Gasteiger partial charge in [0.1, 0.15) is 11.9 Å². The molecule has 0 bridgehead atoms. The van der Waals surface area contributed by atoms with Crippen LogP contribution in [-0.4, -0.2) is 11.5 Å². The number of halogens is 2. The Hall–Kier alpha value is -0.210. The van der Waals surface area contributed by atoms with E-state index in [4.69, 9.17) is 16.3 Å². The molecule has 0 N–H and O–H groups in total. The first-order valence-electron chi connectivity index (χ1n) is 6.04. The summed E-state index contributed by atoms with van der Waals surface area (Å²) < 4.78 is 7.18. The number of alkyl halides is 1. The van der Waals surface area contributed by atoms with Gasteiger partial charge in [0.2, 0.25) is 0 Å². The van der Waals surface area contributed by atoms with Gasteiger partial charge in [0.05, 0.1) is 0 Å². The number of rotatable bonds is 3. The van der Waals surface area contributed by atoms with Crippen LogP contribution in [0.1, 0.15) is 32.3 Å². The van der Waals surface area contributed by atoms with Crippen LogP contribution in [0.15, 0.2) is 22.7 Å². The van der Waals surface area contributed by atoms with Crippen molar-refractivity contribution in [2.24, 2.45) is 5.41 Å². The molecule has 0 spiro atoms. The summed E-state index contributed by atoms with van der Waals surface area (Å²) in [7, 11) is 0. The third-order valence-electron chi connectivity index (χ3n) is 4.04. The van der Waals surface area contributed by atoms with Crippen molar-refractivity contribution in [2.45, 2.75) is 45.1 Å². The lowest BCUT2D eigenvalue weighted by molar-refractivity contribution is -0.0295. The lowest BCUT2D eigenvalue weighted by atomic mass is 9.65. The van der Waals surface area contributed by atoms with E-state index in [0.717, 1.165) is 23.1 Å². The highest BCUT2D eigenvalue weighted by molar-refractivity contribution is 9.10. The first-order chi connectivity index (χ1) is 7.97. The number of hydrogen-bond donors (Lipinski definition) is 0. The molecular formula is C14H18BrClO. The van der Waals surface area contributed by atoms with E-state index >= 15 is 0 Å². The van der Waals surface area contributed by atoms with Crippen LogP contribution < -0.4 is 4.74 Å². The van der Waals surface area contributed by atoms with Gasteiger partial charge in [-0.2, -0.15) is 0 Å². The maximum Gasteiger partial charge on any atom is 0.120 e. The zero-order valence-electron chi connectivity index (χ0n) is 10.5. The molecular weight excluding hydrogens is 300 g/mol. The summed E-state index contributed by atoms with van der Waals surface area (Å²) in [5, 5.41) is 0.244. The topological polar surface area (TPSA) is 9.23 Å². The Bertz CT molecular complexity index is 421. The van der Waals surface area contributed by atoms with Gasteiger partial charge in [-0.05, 0) is 37.1 Å². The summed E-state index contributed by atoms with van der Waals surface area (Å²) >= 11 is 9.78. The van der Waals surface area contributed by atoms with Crippen molar-refractivity contribution in [1.29, 1.82) is 0 Å². The fourth-order valence-corrected chi connectivity index (χ4v) is 2.96. The zero-order valence-corrected chi connectivity index (χ0v) is 12.8. The van der Waals surface area contributed by atoms with Crippen LogP contribution in [0, 0.1) is 12.3 Å². The number of benzene rings is 1. The average Bonchev–Trinajstić information content (AvgIpc) is 2.32. The lowest BCUT2D eigenvalue weighted by Gasteiger charge is -2.50. The average molecular weight is 318 g/mol. The Morgan fingerprint density at radius 3 is 2.76 bits per heavy atom. The van der Waals surface area contributed by atoms with Crippen LogP contribution in [-0.2, 0) is 0 Å². The molecule has 0 aliphatic heterocycles. The molecule has 0 saturated heterocycles. The standard InChI is InChI=1S/C14H18BrClO/c1-4-14(3)12(16)8-13(14)17-10-5-6-11(15)9(2)7-10/h5-7,12-13H,4,8H2,1-3H3. The van der Waals surface area contributed by atoms with Crippen LogP contribution in [0.4, 0.5) is 0 Å². The minimum Gasteiger partial charge on any atom is -0.490 e. The molecule has 17 heavy (non-hydrogen) atoms. The van der Waals surface area contributed by atoms with Gasteiger partial charge in [0, 0.05) is 21.7 Å². The predicted molar refractivity (Wildman–Crippen MR) is 76.0 cm³/mol. The molecule has 3 atom stereocenters. The molecule has 0 aromatic heterocycles. The molecule has 94 valence electrons. The molecule has 2 rings (SSSR count). The van der Waals surface area contributed by atoms with Crippen molar-refractivity contribution in [2.75, 3.05) is 0 Å². The van der Waals surface area contributed by atoms with Crippen LogP contribution in [0.5, 0.6) is 5.75 Å². The van der Waals surface area contributed by atoms with E-state index in [0.29, 0.717) is 0 Å². The van der Waals surface area contributed by atoms with Crippen LogP contribution in [0.25, 0.3) is 0 Å². The largest absolute Gasteiger partial charge is 0.490 e. The van der Waals surface area contributed by atoms with E-state index in [9.17, 15) is 0 Å². The van der Waals surface area contributed by atoms with Gasteiger partial charge in [-0.25, -0.2) is 0 Å². The summed E-state index contributed by atoms with van der Waals surface area (Å²) in [6.07, 6.45) is 2.25. The molecule has 0 amide bonds. The lowest BCUT2D eigenvalue weighted by Crippen LogP contribution is -2.55. The Labute approximate surface area is 117 Å². The van der Waals surface area contributed by atoms with Crippen molar-refractivity contribution >= 4 is 27.5 Å². The molecule has 3 unspecified atom stereocenters. The van der Waals surface area contributed by atoms with E-state index in [-0.39, 0.29) is 16.9 Å². The van der Waals surface area contributed by atoms with E-state index in [1.165, 1.54) is 5.56 Å². The van der Waals surface area contributed by atoms with Gasteiger partial charge in [0.15, 0.2) is 0 Å². The molecule has 3 heteroatoms. The molecule has 1 aromatic carbocycles. The Kier molecular flexibility index (Phi) is 3.74. The highest BCUT2D eigenvalue weighted by Crippen LogP contribution is 2.49. The van der Waals surface area contributed by atoms with E-state index in [1.807, 2.05) is 12.1 Å². The summed E-state index contributed by atoms with van der Waals surface area (Å²) in [5.41, 5.74) is 1.31.